The molecule has 0 radical (unpaired) electrons. The summed E-state index contributed by atoms with van der Waals surface area (Å²) in [7, 11) is 0. The predicted molar refractivity (Wildman–Crippen MR) is 229 cm³/mol. The van der Waals surface area contributed by atoms with Crippen LogP contribution in [0.1, 0.15) is 0 Å². The topological polar surface area (TPSA) is 8.17 Å². The van der Waals surface area contributed by atoms with Gasteiger partial charge in [0.2, 0.25) is 0 Å². The Balaban J connectivity index is 1.02. The lowest BCUT2D eigenvalue weighted by Gasteiger charge is -2.26. The van der Waals surface area contributed by atoms with Crippen molar-refractivity contribution in [2.45, 2.75) is 0 Å². The van der Waals surface area contributed by atoms with Crippen molar-refractivity contribution in [2.24, 2.45) is 0 Å². The molecule has 0 aliphatic carbocycles. The van der Waals surface area contributed by atoms with Crippen molar-refractivity contribution >= 4 is 49.6 Å². The van der Waals surface area contributed by atoms with Gasteiger partial charge in [-0.25, -0.2) is 4.39 Å². The quantitative estimate of drug-likeness (QED) is 0.160. The zero-order valence-electron chi connectivity index (χ0n) is 30.0. The lowest BCUT2D eigenvalue weighted by atomic mass is 9.99. The van der Waals surface area contributed by atoms with Crippen molar-refractivity contribution in [2.75, 3.05) is 4.90 Å². The third-order valence-corrected chi connectivity index (χ3v) is 10.7. The summed E-state index contributed by atoms with van der Waals surface area (Å²) in [5, 5.41) is 4.98. The molecule has 0 aliphatic rings. The highest BCUT2D eigenvalue weighted by atomic mass is 19.1. The van der Waals surface area contributed by atoms with Gasteiger partial charge in [0.05, 0.1) is 11.0 Å². The summed E-state index contributed by atoms with van der Waals surface area (Å²) in [6, 6.07) is 74.0. The summed E-state index contributed by atoms with van der Waals surface area (Å²) in [6.45, 7) is 0. The molecular weight excluding hydrogens is 672 g/mol. The minimum atomic E-state index is -0.227. The molecular formula is C52H35FN2. The molecule has 3 heteroatoms. The Morgan fingerprint density at radius 3 is 1.24 bits per heavy atom. The first-order valence-electron chi connectivity index (χ1n) is 18.6. The van der Waals surface area contributed by atoms with E-state index in [0.717, 1.165) is 45.0 Å². The lowest BCUT2D eigenvalue weighted by molar-refractivity contribution is 0.628. The highest BCUT2D eigenvalue weighted by molar-refractivity contribution is 6.09. The molecule has 1 heterocycles. The van der Waals surface area contributed by atoms with Crippen molar-refractivity contribution in [1.29, 1.82) is 0 Å². The van der Waals surface area contributed by atoms with Crippen LogP contribution in [-0.2, 0) is 0 Å². The molecule has 0 atom stereocenters. The molecule has 0 saturated carbocycles. The molecule has 10 rings (SSSR count). The van der Waals surface area contributed by atoms with Gasteiger partial charge in [0, 0.05) is 33.5 Å². The number of rotatable bonds is 7. The fourth-order valence-electron chi connectivity index (χ4n) is 7.87. The largest absolute Gasteiger partial charge is 0.311 e. The van der Waals surface area contributed by atoms with Crippen LogP contribution in [0.3, 0.4) is 0 Å². The third-order valence-electron chi connectivity index (χ3n) is 10.7. The second kappa shape index (κ2) is 13.6. The van der Waals surface area contributed by atoms with E-state index in [2.05, 4.69) is 198 Å². The van der Waals surface area contributed by atoms with Crippen molar-refractivity contribution in [3.63, 3.8) is 0 Å². The number of nitrogens with zero attached hydrogens (tertiary/aromatic N) is 2. The standard InChI is InChI=1S/C52H35FN2/c53-44-25-19-39(20-26-44)37-13-15-38(16-14-37)40-21-27-45(28-22-40)54(46-29-23-41(24-30-46)43-18-17-36-7-1-2-8-42(36)35-43)47-31-33-48(34-32-47)55-51-11-5-3-9-49(51)50-10-4-6-12-52(50)55/h1-35H. The summed E-state index contributed by atoms with van der Waals surface area (Å²) in [6.07, 6.45) is 0. The van der Waals surface area contributed by atoms with Gasteiger partial charge >= 0.3 is 0 Å². The first-order chi connectivity index (χ1) is 27.2. The van der Waals surface area contributed by atoms with Crippen LogP contribution in [0.15, 0.2) is 212 Å². The minimum Gasteiger partial charge on any atom is -0.311 e. The Hall–Kier alpha value is -7.23. The second-order valence-electron chi connectivity index (χ2n) is 14.0. The van der Waals surface area contributed by atoms with Crippen LogP contribution in [0, 0.1) is 5.82 Å². The Labute approximate surface area is 319 Å². The summed E-state index contributed by atoms with van der Waals surface area (Å²) in [5.74, 6) is -0.227. The van der Waals surface area contributed by atoms with Gasteiger partial charge in [-0.15, -0.1) is 0 Å². The second-order valence-corrected chi connectivity index (χ2v) is 14.0. The first-order valence-corrected chi connectivity index (χ1v) is 18.6. The molecule has 0 bridgehead atoms. The molecule has 2 nitrogen and oxygen atoms in total. The van der Waals surface area contributed by atoms with Crippen LogP contribution in [0.5, 0.6) is 0 Å². The van der Waals surface area contributed by atoms with E-state index in [9.17, 15) is 4.39 Å². The maximum absolute atomic E-state index is 13.5. The average molecular weight is 707 g/mol. The molecule has 10 aromatic rings. The van der Waals surface area contributed by atoms with E-state index in [1.165, 1.54) is 55.8 Å². The van der Waals surface area contributed by atoms with E-state index in [0.29, 0.717) is 0 Å². The van der Waals surface area contributed by atoms with E-state index in [1.54, 1.807) is 0 Å². The first kappa shape index (κ1) is 32.4. The lowest BCUT2D eigenvalue weighted by Crippen LogP contribution is -2.10. The molecule has 0 amide bonds. The fraction of sp³-hybridized carbons (Fsp3) is 0. The van der Waals surface area contributed by atoms with E-state index in [4.69, 9.17) is 0 Å². The molecule has 55 heavy (non-hydrogen) atoms. The van der Waals surface area contributed by atoms with Gasteiger partial charge in [0.1, 0.15) is 5.82 Å². The van der Waals surface area contributed by atoms with E-state index >= 15 is 0 Å². The van der Waals surface area contributed by atoms with E-state index in [1.807, 2.05) is 12.1 Å². The highest BCUT2D eigenvalue weighted by Gasteiger charge is 2.16. The Morgan fingerprint density at radius 1 is 0.327 bits per heavy atom. The summed E-state index contributed by atoms with van der Waals surface area (Å²) >= 11 is 0. The summed E-state index contributed by atoms with van der Waals surface area (Å²) in [5.41, 5.74) is 13.4. The van der Waals surface area contributed by atoms with Crippen molar-refractivity contribution in [3.8, 4) is 39.1 Å². The molecule has 9 aromatic carbocycles. The van der Waals surface area contributed by atoms with Crippen LogP contribution < -0.4 is 4.90 Å². The van der Waals surface area contributed by atoms with Crippen LogP contribution in [0.2, 0.25) is 0 Å². The number of para-hydroxylation sites is 2. The van der Waals surface area contributed by atoms with Crippen molar-refractivity contribution in [3.05, 3.63) is 218 Å². The number of aromatic nitrogens is 1. The smallest absolute Gasteiger partial charge is 0.123 e. The van der Waals surface area contributed by atoms with Gasteiger partial charge < -0.3 is 9.47 Å². The SMILES string of the molecule is Fc1ccc(-c2ccc(-c3ccc(N(c4ccc(-c5ccc6ccccc6c5)cc4)c4ccc(-n5c6ccccc6c6ccccc65)cc4)cc3)cc2)cc1. The zero-order chi connectivity index (χ0) is 36.7. The van der Waals surface area contributed by atoms with Gasteiger partial charge in [-0.05, 0) is 123 Å². The Morgan fingerprint density at radius 2 is 0.709 bits per heavy atom. The normalized spacial score (nSPS) is 11.4. The van der Waals surface area contributed by atoms with Gasteiger partial charge in [0.25, 0.3) is 0 Å². The minimum absolute atomic E-state index is 0.227. The van der Waals surface area contributed by atoms with Gasteiger partial charge in [-0.1, -0.05) is 133 Å². The zero-order valence-corrected chi connectivity index (χ0v) is 30.0. The summed E-state index contributed by atoms with van der Waals surface area (Å²) in [4.78, 5) is 2.32. The van der Waals surface area contributed by atoms with Gasteiger partial charge in [-0.2, -0.15) is 0 Å². The van der Waals surface area contributed by atoms with Crippen LogP contribution in [0.25, 0.3) is 71.6 Å². The number of hydrogen-bond acceptors (Lipinski definition) is 1. The molecule has 0 fully saturated rings. The van der Waals surface area contributed by atoms with Crippen LogP contribution in [0.4, 0.5) is 21.5 Å². The molecule has 260 valence electrons. The number of benzene rings is 9. The fourth-order valence-corrected chi connectivity index (χ4v) is 7.87. The molecule has 1 aromatic heterocycles. The summed E-state index contributed by atoms with van der Waals surface area (Å²) < 4.78 is 15.9. The van der Waals surface area contributed by atoms with Gasteiger partial charge in [-0.3, -0.25) is 0 Å². The maximum Gasteiger partial charge on any atom is 0.123 e. The predicted octanol–water partition coefficient (Wildman–Crippen LogP) is 14.5. The average Bonchev–Trinajstić information content (AvgIpc) is 3.59. The number of fused-ring (bicyclic) bond motifs is 4. The molecule has 0 N–H and O–H groups in total. The van der Waals surface area contributed by atoms with E-state index < -0.39 is 0 Å². The monoisotopic (exact) mass is 706 g/mol. The van der Waals surface area contributed by atoms with Crippen LogP contribution >= 0.6 is 0 Å². The van der Waals surface area contributed by atoms with E-state index in [-0.39, 0.29) is 5.82 Å². The molecule has 0 saturated heterocycles. The van der Waals surface area contributed by atoms with Crippen molar-refractivity contribution in [1.82, 2.24) is 4.57 Å². The number of anilines is 3. The molecule has 0 unspecified atom stereocenters. The Bertz CT molecular complexity index is 2890. The van der Waals surface area contributed by atoms with Gasteiger partial charge in [0.15, 0.2) is 0 Å². The molecule has 0 spiro atoms. The van der Waals surface area contributed by atoms with Crippen LogP contribution in [-0.4, -0.2) is 4.57 Å². The number of halogens is 1. The molecule has 0 aliphatic heterocycles. The number of hydrogen-bond donors (Lipinski definition) is 0. The highest BCUT2D eigenvalue weighted by Crippen LogP contribution is 2.39. The van der Waals surface area contributed by atoms with Crippen molar-refractivity contribution < 1.29 is 4.39 Å². The Kier molecular flexibility index (Phi) is 8.04. The maximum atomic E-state index is 13.5. The third kappa shape index (κ3) is 6.02.